The van der Waals surface area contributed by atoms with E-state index in [4.69, 9.17) is 4.74 Å². The van der Waals surface area contributed by atoms with Gasteiger partial charge in [-0.25, -0.2) is 0 Å². The van der Waals surface area contributed by atoms with Crippen molar-refractivity contribution in [2.24, 2.45) is 0 Å². The van der Waals surface area contributed by atoms with Crippen LogP contribution in [0, 0.1) is 0 Å². The summed E-state index contributed by atoms with van der Waals surface area (Å²) in [6.45, 7) is 4.18. The third-order valence-corrected chi connectivity index (χ3v) is 4.37. The third-order valence-electron chi connectivity index (χ3n) is 4.37. The molecule has 1 N–H and O–H groups in total. The van der Waals surface area contributed by atoms with Crippen LogP contribution >= 0.6 is 0 Å². The average molecular weight is 339 g/mol. The maximum Gasteiger partial charge on any atom is 0.251 e. The highest BCUT2D eigenvalue weighted by Gasteiger charge is 2.10. The van der Waals surface area contributed by atoms with Crippen LogP contribution in [0.25, 0.3) is 0 Å². The molecule has 1 aliphatic rings. The molecular formula is C20H25N3O2. The van der Waals surface area contributed by atoms with E-state index in [-0.39, 0.29) is 5.91 Å². The van der Waals surface area contributed by atoms with Crippen molar-refractivity contribution in [3.05, 3.63) is 54.4 Å². The van der Waals surface area contributed by atoms with Crippen molar-refractivity contribution < 1.29 is 9.53 Å². The summed E-state index contributed by atoms with van der Waals surface area (Å²) in [5.74, 6) is 1.33. The molecule has 5 nitrogen and oxygen atoms in total. The summed E-state index contributed by atoms with van der Waals surface area (Å²) >= 11 is 0. The summed E-state index contributed by atoms with van der Waals surface area (Å²) in [5.41, 5.74) is 0.650. The molecule has 5 heteroatoms. The summed E-state index contributed by atoms with van der Waals surface area (Å²) in [5, 5.41) is 2.99. The molecule has 1 aliphatic heterocycles. The number of aromatic nitrogens is 1. The predicted octanol–water partition coefficient (Wildman–Crippen LogP) is 3.48. The quantitative estimate of drug-likeness (QED) is 0.785. The van der Waals surface area contributed by atoms with Gasteiger partial charge < -0.3 is 15.0 Å². The van der Waals surface area contributed by atoms with Gasteiger partial charge in [-0.05, 0) is 75.3 Å². The summed E-state index contributed by atoms with van der Waals surface area (Å²) < 4.78 is 5.68. The smallest absolute Gasteiger partial charge is 0.251 e. The number of nitrogens with zero attached hydrogens (tertiary/aromatic N) is 2. The van der Waals surface area contributed by atoms with E-state index >= 15 is 0 Å². The Morgan fingerprint density at radius 2 is 1.88 bits per heavy atom. The van der Waals surface area contributed by atoms with E-state index in [1.54, 1.807) is 36.7 Å². The van der Waals surface area contributed by atoms with E-state index in [1.807, 2.05) is 12.1 Å². The Morgan fingerprint density at radius 3 is 2.60 bits per heavy atom. The van der Waals surface area contributed by atoms with Gasteiger partial charge in [-0.3, -0.25) is 9.78 Å². The van der Waals surface area contributed by atoms with Crippen LogP contribution in [0.15, 0.2) is 48.8 Å². The molecule has 3 rings (SSSR count). The molecule has 1 fully saturated rings. The first-order valence-corrected chi connectivity index (χ1v) is 9.00. The van der Waals surface area contributed by atoms with Gasteiger partial charge in [-0.15, -0.1) is 0 Å². The van der Waals surface area contributed by atoms with Crippen molar-refractivity contribution in [3.8, 4) is 11.5 Å². The van der Waals surface area contributed by atoms with Crippen LogP contribution in [0.2, 0.25) is 0 Å². The van der Waals surface area contributed by atoms with Crippen molar-refractivity contribution in [3.63, 3.8) is 0 Å². The Kier molecular flexibility index (Phi) is 6.40. The normalized spacial score (nSPS) is 14.9. The van der Waals surface area contributed by atoms with Gasteiger partial charge in [0.2, 0.25) is 0 Å². The second-order valence-electron chi connectivity index (χ2n) is 6.33. The maximum atomic E-state index is 12.2. The third kappa shape index (κ3) is 5.57. The first-order valence-electron chi connectivity index (χ1n) is 9.00. The number of hydrogen-bond donors (Lipinski definition) is 1. The summed E-state index contributed by atoms with van der Waals surface area (Å²) in [4.78, 5) is 18.7. The van der Waals surface area contributed by atoms with Gasteiger partial charge in [-0.1, -0.05) is 6.42 Å². The maximum absolute atomic E-state index is 12.2. The number of hydrogen-bond acceptors (Lipinski definition) is 4. The molecule has 1 saturated heterocycles. The van der Waals surface area contributed by atoms with Crippen LogP contribution in [0.4, 0.5) is 0 Å². The molecule has 0 saturated carbocycles. The number of carbonyl (C=O) groups excluding carboxylic acids is 1. The zero-order chi connectivity index (χ0) is 17.3. The van der Waals surface area contributed by atoms with E-state index in [0.29, 0.717) is 23.6 Å². The molecule has 0 atom stereocenters. The lowest BCUT2D eigenvalue weighted by Crippen LogP contribution is -2.33. The lowest BCUT2D eigenvalue weighted by Gasteiger charge is -2.26. The SMILES string of the molecule is O=C(NCCCN1CCCCC1)c1ccc(Oc2cccnc2)cc1. The van der Waals surface area contributed by atoms with Gasteiger partial charge in [0.1, 0.15) is 11.5 Å². The molecule has 0 spiro atoms. The molecule has 2 heterocycles. The van der Waals surface area contributed by atoms with Crippen LogP contribution < -0.4 is 10.1 Å². The second-order valence-corrected chi connectivity index (χ2v) is 6.33. The highest BCUT2D eigenvalue weighted by Crippen LogP contribution is 2.20. The summed E-state index contributed by atoms with van der Waals surface area (Å²) in [6, 6.07) is 10.8. The minimum absolute atomic E-state index is 0.0356. The van der Waals surface area contributed by atoms with Gasteiger partial charge in [0.05, 0.1) is 6.20 Å². The van der Waals surface area contributed by atoms with Crippen LogP contribution in [0.1, 0.15) is 36.0 Å². The van der Waals surface area contributed by atoms with Gasteiger partial charge in [-0.2, -0.15) is 0 Å². The van der Waals surface area contributed by atoms with E-state index in [2.05, 4.69) is 15.2 Å². The summed E-state index contributed by atoms with van der Waals surface area (Å²) in [7, 11) is 0. The number of benzene rings is 1. The molecule has 0 aliphatic carbocycles. The Bertz CT molecular complexity index is 652. The van der Waals surface area contributed by atoms with Crippen molar-refractivity contribution in [2.45, 2.75) is 25.7 Å². The number of pyridine rings is 1. The van der Waals surface area contributed by atoms with E-state index in [1.165, 1.54) is 32.4 Å². The zero-order valence-electron chi connectivity index (χ0n) is 14.5. The molecule has 0 bridgehead atoms. The highest BCUT2D eigenvalue weighted by molar-refractivity contribution is 5.94. The minimum atomic E-state index is -0.0356. The Morgan fingerprint density at radius 1 is 1.08 bits per heavy atom. The average Bonchev–Trinajstić information content (AvgIpc) is 2.67. The number of carbonyl (C=O) groups is 1. The largest absolute Gasteiger partial charge is 0.456 e. The number of piperidine rings is 1. The minimum Gasteiger partial charge on any atom is -0.456 e. The number of rotatable bonds is 7. The van der Waals surface area contributed by atoms with Crippen LogP contribution in [-0.2, 0) is 0 Å². The fraction of sp³-hybridized carbons (Fsp3) is 0.400. The lowest BCUT2D eigenvalue weighted by atomic mass is 10.1. The fourth-order valence-corrected chi connectivity index (χ4v) is 3.01. The molecular weight excluding hydrogens is 314 g/mol. The number of likely N-dealkylation sites (tertiary alicyclic amines) is 1. The van der Waals surface area contributed by atoms with Crippen LogP contribution in [0.3, 0.4) is 0 Å². The van der Waals surface area contributed by atoms with Crippen LogP contribution in [0.5, 0.6) is 11.5 Å². The molecule has 25 heavy (non-hydrogen) atoms. The molecule has 1 aromatic heterocycles. The monoisotopic (exact) mass is 339 g/mol. The number of ether oxygens (including phenoxy) is 1. The van der Waals surface area contributed by atoms with Crippen LogP contribution in [-0.4, -0.2) is 42.0 Å². The topological polar surface area (TPSA) is 54.5 Å². The molecule has 132 valence electrons. The van der Waals surface area contributed by atoms with Crippen molar-refractivity contribution in [1.82, 2.24) is 15.2 Å². The van der Waals surface area contributed by atoms with E-state index in [0.717, 1.165) is 13.0 Å². The number of amides is 1. The second kappa shape index (κ2) is 9.18. The molecule has 1 aromatic carbocycles. The summed E-state index contributed by atoms with van der Waals surface area (Å²) in [6.07, 6.45) is 8.32. The van der Waals surface area contributed by atoms with Gasteiger partial charge in [0, 0.05) is 18.3 Å². The van der Waals surface area contributed by atoms with E-state index in [9.17, 15) is 4.79 Å². The van der Waals surface area contributed by atoms with E-state index < -0.39 is 0 Å². The molecule has 0 unspecified atom stereocenters. The lowest BCUT2D eigenvalue weighted by molar-refractivity contribution is 0.0951. The number of nitrogens with one attached hydrogen (secondary N) is 1. The van der Waals surface area contributed by atoms with Gasteiger partial charge in [0.15, 0.2) is 0 Å². The first-order chi connectivity index (χ1) is 12.3. The Hall–Kier alpha value is -2.40. The van der Waals surface area contributed by atoms with Gasteiger partial charge in [0.25, 0.3) is 5.91 Å². The molecule has 2 aromatic rings. The van der Waals surface area contributed by atoms with Crippen molar-refractivity contribution >= 4 is 5.91 Å². The highest BCUT2D eigenvalue weighted by atomic mass is 16.5. The Labute approximate surface area is 149 Å². The van der Waals surface area contributed by atoms with Crippen molar-refractivity contribution in [2.75, 3.05) is 26.2 Å². The fourth-order valence-electron chi connectivity index (χ4n) is 3.01. The van der Waals surface area contributed by atoms with Gasteiger partial charge >= 0.3 is 0 Å². The first kappa shape index (κ1) is 17.4. The molecule has 1 amide bonds. The van der Waals surface area contributed by atoms with Crippen molar-refractivity contribution in [1.29, 1.82) is 0 Å². The standard InChI is InChI=1S/C20H25N3O2/c24-20(22-12-5-15-23-13-2-1-3-14-23)17-7-9-18(10-8-17)25-19-6-4-11-21-16-19/h4,6-11,16H,1-3,5,12-15H2,(H,22,24). The predicted molar refractivity (Wildman–Crippen MR) is 98.0 cm³/mol. The Balaban J connectivity index is 1.41. The zero-order valence-corrected chi connectivity index (χ0v) is 14.5. The molecule has 0 radical (unpaired) electrons.